The average Bonchev–Trinajstić information content (AvgIpc) is 2.10. The summed E-state index contributed by atoms with van der Waals surface area (Å²) in [6, 6.07) is 0. The van der Waals surface area contributed by atoms with Gasteiger partial charge in [0.2, 0.25) is 0 Å². The van der Waals surface area contributed by atoms with Gasteiger partial charge in [-0.3, -0.25) is 9.59 Å². The van der Waals surface area contributed by atoms with E-state index in [1.54, 1.807) is 7.05 Å². The molecule has 2 N–H and O–H groups in total. The first-order valence-corrected chi connectivity index (χ1v) is 2.73. The van der Waals surface area contributed by atoms with Crippen LogP contribution in [0.4, 0.5) is 0 Å². The summed E-state index contributed by atoms with van der Waals surface area (Å²) in [7, 11) is 1.59. The molecule has 0 saturated carbocycles. The van der Waals surface area contributed by atoms with Crippen LogP contribution in [0.1, 0.15) is 0 Å². The predicted molar refractivity (Wildman–Crippen MR) is 34.3 cm³/mol. The first-order chi connectivity index (χ1) is 4.61. The van der Waals surface area contributed by atoms with E-state index in [0.717, 1.165) is 0 Å². The second-order valence-corrected chi connectivity index (χ2v) is 2.05. The predicted octanol–water partition coefficient (Wildman–Crippen LogP) is -1.66. The molecule has 0 radical (unpaired) electrons. The average molecular weight is 141 g/mol. The molecule has 0 bridgehead atoms. The zero-order valence-corrected chi connectivity index (χ0v) is 5.50. The highest BCUT2D eigenvalue weighted by molar-refractivity contribution is 6.40. The van der Waals surface area contributed by atoms with Gasteiger partial charge in [-0.2, -0.15) is 4.99 Å². The molecule has 0 spiro atoms. The van der Waals surface area contributed by atoms with Gasteiger partial charge in [0.15, 0.2) is 5.84 Å². The number of hydrogen-bond acceptors (Lipinski definition) is 3. The fourth-order valence-corrected chi connectivity index (χ4v) is 0.760. The van der Waals surface area contributed by atoms with Crippen LogP contribution in [0.2, 0.25) is 0 Å². The smallest absolute Gasteiger partial charge is 0.284 e. The van der Waals surface area contributed by atoms with Gasteiger partial charge in [-0.25, -0.2) is 0 Å². The van der Waals surface area contributed by atoms with Crippen LogP contribution in [-0.4, -0.2) is 36.1 Å². The van der Waals surface area contributed by atoms with Crippen LogP contribution in [0.5, 0.6) is 0 Å². The lowest BCUT2D eigenvalue weighted by Gasteiger charge is -2.07. The molecular weight excluding hydrogens is 134 g/mol. The zero-order chi connectivity index (χ0) is 7.72. The van der Waals surface area contributed by atoms with E-state index in [4.69, 9.17) is 5.73 Å². The number of primary amides is 1. The fourth-order valence-electron chi connectivity index (χ4n) is 0.760. The van der Waals surface area contributed by atoms with Gasteiger partial charge in [0.05, 0.1) is 0 Å². The minimum absolute atomic E-state index is 0.0463. The maximum absolute atomic E-state index is 10.5. The van der Waals surface area contributed by atoms with Gasteiger partial charge < -0.3 is 10.6 Å². The number of nitrogens with zero attached hydrogens (tertiary/aromatic N) is 2. The van der Waals surface area contributed by atoms with Crippen molar-refractivity contribution in [2.75, 3.05) is 13.6 Å². The Morgan fingerprint density at radius 2 is 2.40 bits per heavy atom. The third kappa shape index (κ3) is 0.975. The van der Waals surface area contributed by atoms with E-state index in [0.29, 0.717) is 0 Å². The minimum Gasteiger partial charge on any atom is -0.363 e. The normalized spacial score (nSPS) is 17.5. The SMILES string of the molecule is CN1CC(=O)N=C1C(N)=O. The molecule has 0 aromatic heterocycles. The van der Waals surface area contributed by atoms with Gasteiger partial charge in [-0.15, -0.1) is 0 Å². The molecule has 0 aliphatic carbocycles. The van der Waals surface area contributed by atoms with Crippen LogP contribution in [0.3, 0.4) is 0 Å². The van der Waals surface area contributed by atoms with E-state index in [2.05, 4.69) is 4.99 Å². The molecule has 1 rings (SSSR count). The Hall–Kier alpha value is -1.39. The zero-order valence-electron chi connectivity index (χ0n) is 5.50. The molecule has 54 valence electrons. The highest BCUT2D eigenvalue weighted by atomic mass is 16.2. The fraction of sp³-hybridized carbons (Fsp3) is 0.400. The standard InChI is InChI=1S/C5H7N3O2/c1-8-2-3(9)7-5(8)4(6)10/h2H2,1H3,(H2,6,10). The van der Waals surface area contributed by atoms with Gasteiger partial charge >= 0.3 is 0 Å². The summed E-state index contributed by atoms with van der Waals surface area (Å²) in [5.74, 6) is -0.936. The Kier molecular flexibility index (Phi) is 1.41. The van der Waals surface area contributed by atoms with E-state index in [-0.39, 0.29) is 18.3 Å². The summed E-state index contributed by atoms with van der Waals surface area (Å²) in [6.07, 6.45) is 0. The van der Waals surface area contributed by atoms with E-state index in [1.807, 2.05) is 0 Å². The van der Waals surface area contributed by atoms with E-state index in [9.17, 15) is 9.59 Å². The van der Waals surface area contributed by atoms with Crippen molar-refractivity contribution in [3.05, 3.63) is 0 Å². The number of amides is 2. The first kappa shape index (κ1) is 6.73. The summed E-state index contributed by atoms with van der Waals surface area (Å²) in [5, 5.41) is 0. The number of carbonyl (C=O) groups is 2. The maximum Gasteiger partial charge on any atom is 0.284 e. The lowest BCUT2D eigenvalue weighted by molar-refractivity contribution is -0.117. The molecule has 1 aliphatic rings. The molecule has 1 heterocycles. The van der Waals surface area contributed by atoms with Crippen molar-refractivity contribution in [1.82, 2.24) is 4.90 Å². The summed E-state index contributed by atoms with van der Waals surface area (Å²) in [4.78, 5) is 25.8. The van der Waals surface area contributed by atoms with Crippen LogP contribution in [0, 0.1) is 0 Å². The molecule has 0 fully saturated rings. The molecular formula is C5H7N3O2. The van der Waals surface area contributed by atoms with E-state index in [1.165, 1.54) is 4.90 Å². The maximum atomic E-state index is 10.5. The van der Waals surface area contributed by atoms with Crippen LogP contribution < -0.4 is 5.73 Å². The minimum atomic E-state index is -0.659. The quantitative estimate of drug-likeness (QED) is 0.475. The van der Waals surface area contributed by atoms with Crippen molar-refractivity contribution in [2.24, 2.45) is 10.7 Å². The number of likely N-dealkylation sites (N-methyl/N-ethyl adjacent to an activating group) is 1. The Morgan fingerprint density at radius 3 is 2.60 bits per heavy atom. The Morgan fingerprint density at radius 1 is 1.80 bits per heavy atom. The monoisotopic (exact) mass is 141 g/mol. The highest BCUT2D eigenvalue weighted by Crippen LogP contribution is 1.97. The first-order valence-electron chi connectivity index (χ1n) is 2.73. The van der Waals surface area contributed by atoms with Crippen LogP contribution in [0.15, 0.2) is 4.99 Å². The molecule has 0 aromatic rings. The third-order valence-electron chi connectivity index (χ3n) is 1.18. The van der Waals surface area contributed by atoms with Crippen molar-refractivity contribution in [2.45, 2.75) is 0 Å². The van der Waals surface area contributed by atoms with Gasteiger partial charge in [0, 0.05) is 7.05 Å². The van der Waals surface area contributed by atoms with Crippen LogP contribution >= 0.6 is 0 Å². The molecule has 2 amide bonds. The van der Waals surface area contributed by atoms with Crippen molar-refractivity contribution in [3.63, 3.8) is 0 Å². The molecule has 0 aromatic carbocycles. The molecule has 10 heavy (non-hydrogen) atoms. The molecule has 0 unspecified atom stereocenters. The summed E-state index contributed by atoms with van der Waals surface area (Å²) < 4.78 is 0. The number of aliphatic imine (C=N–C) groups is 1. The lowest BCUT2D eigenvalue weighted by Crippen LogP contribution is -2.34. The van der Waals surface area contributed by atoms with Crippen molar-refractivity contribution >= 4 is 17.6 Å². The number of nitrogens with two attached hydrogens (primary N) is 1. The van der Waals surface area contributed by atoms with Gasteiger partial charge in [-0.1, -0.05) is 0 Å². The topological polar surface area (TPSA) is 75.8 Å². The Labute approximate surface area is 57.5 Å². The van der Waals surface area contributed by atoms with Crippen molar-refractivity contribution < 1.29 is 9.59 Å². The second-order valence-electron chi connectivity index (χ2n) is 2.05. The highest BCUT2D eigenvalue weighted by Gasteiger charge is 2.22. The molecule has 5 heteroatoms. The van der Waals surface area contributed by atoms with E-state index < -0.39 is 5.91 Å². The lowest BCUT2D eigenvalue weighted by atomic mass is 10.5. The number of amidine groups is 1. The number of carbonyl (C=O) groups excluding carboxylic acids is 2. The Bertz CT molecular complexity index is 221. The third-order valence-corrected chi connectivity index (χ3v) is 1.18. The number of hydrogen-bond donors (Lipinski definition) is 1. The molecule has 0 atom stereocenters. The van der Waals surface area contributed by atoms with Crippen molar-refractivity contribution in [1.29, 1.82) is 0 Å². The molecule has 5 nitrogen and oxygen atoms in total. The second kappa shape index (κ2) is 2.09. The van der Waals surface area contributed by atoms with Gasteiger partial charge in [-0.05, 0) is 0 Å². The van der Waals surface area contributed by atoms with Gasteiger partial charge in [0.1, 0.15) is 6.54 Å². The van der Waals surface area contributed by atoms with Crippen LogP contribution in [-0.2, 0) is 9.59 Å². The molecule has 1 aliphatic heterocycles. The van der Waals surface area contributed by atoms with Gasteiger partial charge in [0.25, 0.3) is 11.8 Å². The molecule has 0 saturated heterocycles. The summed E-state index contributed by atoms with van der Waals surface area (Å²) >= 11 is 0. The largest absolute Gasteiger partial charge is 0.363 e. The van der Waals surface area contributed by atoms with Crippen LogP contribution in [0.25, 0.3) is 0 Å². The van der Waals surface area contributed by atoms with Crippen molar-refractivity contribution in [3.8, 4) is 0 Å². The Balaban J connectivity index is 2.85. The number of rotatable bonds is 1. The van der Waals surface area contributed by atoms with E-state index >= 15 is 0 Å². The summed E-state index contributed by atoms with van der Waals surface area (Å²) in [5.41, 5.74) is 4.89. The summed E-state index contributed by atoms with van der Waals surface area (Å²) in [6.45, 7) is 0.151.